The Kier molecular flexibility index (Phi) is 4.60. The predicted molar refractivity (Wildman–Crippen MR) is 72.2 cm³/mol. The molecule has 0 saturated carbocycles. The Morgan fingerprint density at radius 2 is 2.35 bits per heavy atom. The second-order valence-electron chi connectivity index (χ2n) is 5.05. The minimum atomic E-state index is -0.822. The molecular weight excluding hydrogens is 260 g/mol. The van der Waals surface area contributed by atoms with Gasteiger partial charge in [0.15, 0.2) is 0 Å². The Morgan fingerprint density at radius 3 is 3.00 bits per heavy atom. The van der Waals surface area contributed by atoms with Crippen LogP contribution in [0.2, 0.25) is 0 Å². The van der Waals surface area contributed by atoms with Crippen LogP contribution in [-0.4, -0.2) is 51.4 Å². The maximum Gasteiger partial charge on any atom is 0.317 e. The molecule has 0 spiro atoms. The van der Waals surface area contributed by atoms with Gasteiger partial charge in [0.05, 0.1) is 5.92 Å². The van der Waals surface area contributed by atoms with Gasteiger partial charge in [-0.25, -0.2) is 4.79 Å². The van der Waals surface area contributed by atoms with Gasteiger partial charge in [0.2, 0.25) is 0 Å². The van der Waals surface area contributed by atoms with Crippen LogP contribution in [0.15, 0.2) is 12.3 Å². The molecule has 2 N–H and O–H groups in total. The summed E-state index contributed by atoms with van der Waals surface area (Å²) in [6, 6.07) is 1.73. The number of aliphatic carboxylic acids is 1. The summed E-state index contributed by atoms with van der Waals surface area (Å²) in [6.45, 7) is 1.45. The largest absolute Gasteiger partial charge is 0.481 e. The van der Waals surface area contributed by atoms with Gasteiger partial charge in [-0.3, -0.25) is 9.48 Å². The summed E-state index contributed by atoms with van der Waals surface area (Å²) in [5, 5.41) is 15.9. The number of likely N-dealkylation sites (tertiary alicyclic amines) is 1. The summed E-state index contributed by atoms with van der Waals surface area (Å²) < 4.78 is 1.77. The van der Waals surface area contributed by atoms with E-state index in [0.717, 1.165) is 12.1 Å². The number of hydrogen-bond acceptors (Lipinski definition) is 3. The van der Waals surface area contributed by atoms with E-state index in [1.165, 1.54) is 0 Å². The average molecular weight is 280 g/mol. The molecule has 7 nitrogen and oxygen atoms in total. The molecule has 0 bridgehead atoms. The van der Waals surface area contributed by atoms with Crippen LogP contribution in [0.5, 0.6) is 0 Å². The second-order valence-corrected chi connectivity index (χ2v) is 5.05. The predicted octanol–water partition coefficient (Wildman–Crippen LogP) is 0.469. The number of rotatable bonds is 4. The number of urea groups is 1. The van der Waals surface area contributed by atoms with Crippen molar-refractivity contribution in [1.29, 1.82) is 0 Å². The van der Waals surface area contributed by atoms with Gasteiger partial charge in [0.1, 0.15) is 0 Å². The molecule has 1 saturated heterocycles. The zero-order valence-electron chi connectivity index (χ0n) is 11.6. The monoisotopic (exact) mass is 280 g/mol. The number of piperidine rings is 1. The van der Waals surface area contributed by atoms with E-state index in [0.29, 0.717) is 32.5 Å². The number of amides is 2. The standard InChI is InChI=1S/C13H20N4O3/c1-16-11(5-7-15-16)4-6-14-13(20)17-8-2-3-10(9-17)12(18)19/h5,7,10H,2-4,6,8-9H2,1H3,(H,14,20)(H,18,19)/t10-/m0/s1. The van der Waals surface area contributed by atoms with Crippen molar-refractivity contribution in [3.05, 3.63) is 18.0 Å². The molecule has 1 aliphatic heterocycles. The van der Waals surface area contributed by atoms with Crippen LogP contribution in [-0.2, 0) is 18.3 Å². The highest BCUT2D eigenvalue weighted by atomic mass is 16.4. The van der Waals surface area contributed by atoms with Crippen molar-refractivity contribution < 1.29 is 14.7 Å². The van der Waals surface area contributed by atoms with E-state index in [-0.39, 0.29) is 6.03 Å². The van der Waals surface area contributed by atoms with Crippen LogP contribution in [0.3, 0.4) is 0 Å². The van der Waals surface area contributed by atoms with Crippen LogP contribution in [0.4, 0.5) is 4.79 Å². The lowest BCUT2D eigenvalue weighted by Gasteiger charge is -2.30. The third-order valence-electron chi connectivity index (χ3n) is 3.64. The van der Waals surface area contributed by atoms with Gasteiger partial charge in [-0.2, -0.15) is 5.10 Å². The van der Waals surface area contributed by atoms with E-state index >= 15 is 0 Å². The molecule has 1 atom stereocenters. The number of aryl methyl sites for hydroxylation is 1. The Balaban J connectivity index is 1.77. The van der Waals surface area contributed by atoms with Crippen molar-refractivity contribution >= 4 is 12.0 Å². The van der Waals surface area contributed by atoms with E-state index in [9.17, 15) is 9.59 Å². The molecule has 110 valence electrons. The molecule has 0 aromatic carbocycles. The number of nitrogens with one attached hydrogen (secondary N) is 1. The normalized spacial score (nSPS) is 18.9. The molecule has 20 heavy (non-hydrogen) atoms. The minimum Gasteiger partial charge on any atom is -0.481 e. The summed E-state index contributed by atoms with van der Waals surface area (Å²) in [5.74, 6) is -1.26. The molecule has 0 aliphatic carbocycles. The summed E-state index contributed by atoms with van der Waals surface area (Å²) in [7, 11) is 1.86. The summed E-state index contributed by atoms with van der Waals surface area (Å²) in [5.41, 5.74) is 1.05. The van der Waals surface area contributed by atoms with Gasteiger partial charge in [-0.1, -0.05) is 0 Å². The molecule has 0 unspecified atom stereocenters. The Morgan fingerprint density at radius 1 is 1.55 bits per heavy atom. The number of carboxylic acids is 1. The maximum atomic E-state index is 12.0. The van der Waals surface area contributed by atoms with Crippen molar-refractivity contribution in [2.24, 2.45) is 13.0 Å². The quantitative estimate of drug-likeness (QED) is 0.839. The van der Waals surface area contributed by atoms with Gasteiger partial charge in [0.25, 0.3) is 0 Å². The number of carbonyl (C=O) groups is 2. The first kappa shape index (κ1) is 14.4. The maximum absolute atomic E-state index is 12.0. The first-order valence-corrected chi connectivity index (χ1v) is 6.80. The van der Waals surface area contributed by atoms with E-state index in [1.807, 2.05) is 13.1 Å². The van der Waals surface area contributed by atoms with Crippen LogP contribution in [0, 0.1) is 5.92 Å². The molecule has 2 amide bonds. The van der Waals surface area contributed by atoms with Crippen molar-refractivity contribution in [1.82, 2.24) is 20.0 Å². The number of hydrogen-bond donors (Lipinski definition) is 2. The van der Waals surface area contributed by atoms with Crippen molar-refractivity contribution in [3.8, 4) is 0 Å². The Hall–Kier alpha value is -2.05. The van der Waals surface area contributed by atoms with Gasteiger partial charge in [-0.15, -0.1) is 0 Å². The highest BCUT2D eigenvalue weighted by Gasteiger charge is 2.27. The zero-order valence-corrected chi connectivity index (χ0v) is 11.6. The summed E-state index contributed by atoms with van der Waals surface area (Å²) in [4.78, 5) is 24.5. The van der Waals surface area contributed by atoms with Crippen molar-refractivity contribution in [2.75, 3.05) is 19.6 Å². The first-order valence-electron chi connectivity index (χ1n) is 6.80. The Labute approximate surface area is 117 Å². The van der Waals surface area contributed by atoms with Gasteiger partial charge in [-0.05, 0) is 18.9 Å². The fourth-order valence-electron chi connectivity index (χ4n) is 2.42. The molecule has 7 heteroatoms. The summed E-state index contributed by atoms with van der Waals surface area (Å²) in [6.07, 6.45) is 3.82. The van der Waals surface area contributed by atoms with E-state index in [2.05, 4.69) is 10.4 Å². The lowest BCUT2D eigenvalue weighted by molar-refractivity contribution is -0.143. The molecular formula is C13H20N4O3. The molecule has 1 aromatic rings. The molecule has 1 fully saturated rings. The molecule has 2 heterocycles. The fraction of sp³-hybridized carbons (Fsp3) is 0.615. The number of carbonyl (C=O) groups excluding carboxylic acids is 1. The molecule has 0 radical (unpaired) electrons. The topological polar surface area (TPSA) is 87.5 Å². The van der Waals surface area contributed by atoms with Crippen LogP contribution >= 0.6 is 0 Å². The lowest BCUT2D eigenvalue weighted by Crippen LogP contribution is -2.47. The average Bonchev–Trinajstić information content (AvgIpc) is 2.84. The Bertz CT molecular complexity index is 486. The van der Waals surface area contributed by atoms with Gasteiger partial charge < -0.3 is 15.3 Å². The molecule has 1 aromatic heterocycles. The van der Waals surface area contributed by atoms with E-state index in [1.54, 1.807) is 15.8 Å². The number of carboxylic acid groups (broad SMARTS) is 1. The van der Waals surface area contributed by atoms with Gasteiger partial charge in [0, 0.05) is 45.0 Å². The fourth-order valence-corrected chi connectivity index (χ4v) is 2.42. The van der Waals surface area contributed by atoms with E-state index < -0.39 is 11.9 Å². The van der Waals surface area contributed by atoms with Crippen molar-refractivity contribution in [3.63, 3.8) is 0 Å². The zero-order chi connectivity index (χ0) is 14.5. The molecule has 1 aliphatic rings. The third kappa shape index (κ3) is 3.49. The highest BCUT2D eigenvalue weighted by Crippen LogP contribution is 2.16. The number of nitrogens with zero attached hydrogens (tertiary/aromatic N) is 3. The van der Waals surface area contributed by atoms with E-state index in [4.69, 9.17) is 5.11 Å². The number of aromatic nitrogens is 2. The van der Waals surface area contributed by atoms with Crippen LogP contribution < -0.4 is 5.32 Å². The highest BCUT2D eigenvalue weighted by molar-refractivity contribution is 5.76. The minimum absolute atomic E-state index is 0.182. The van der Waals surface area contributed by atoms with Crippen molar-refractivity contribution in [2.45, 2.75) is 19.3 Å². The van der Waals surface area contributed by atoms with Crippen LogP contribution in [0.25, 0.3) is 0 Å². The van der Waals surface area contributed by atoms with Gasteiger partial charge >= 0.3 is 12.0 Å². The lowest BCUT2D eigenvalue weighted by atomic mass is 9.99. The SMILES string of the molecule is Cn1nccc1CCNC(=O)N1CCC[C@H](C(=O)O)C1. The smallest absolute Gasteiger partial charge is 0.317 e. The molecule has 2 rings (SSSR count). The summed E-state index contributed by atoms with van der Waals surface area (Å²) >= 11 is 0. The first-order chi connectivity index (χ1) is 9.58. The second kappa shape index (κ2) is 6.40. The third-order valence-corrected chi connectivity index (χ3v) is 3.64. The van der Waals surface area contributed by atoms with Crippen LogP contribution in [0.1, 0.15) is 18.5 Å².